The highest BCUT2D eigenvalue weighted by Crippen LogP contribution is 2.55. The number of nitrogen functional groups attached to an aromatic ring is 1. The molecule has 0 aliphatic heterocycles. The number of amides is 1. The first-order chi connectivity index (χ1) is 12.8. The van der Waals surface area contributed by atoms with E-state index in [4.69, 9.17) is 5.73 Å². The van der Waals surface area contributed by atoms with Crippen molar-refractivity contribution >= 4 is 17.4 Å². The Balaban J connectivity index is 1.96. The quantitative estimate of drug-likeness (QED) is 0.727. The molecule has 4 unspecified atom stereocenters. The summed E-state index contributed by atoms with van der Waals surface area (Å²) in [4.78, 5) is 38.6. The van der Waals surface area contributed by atoms with Crippen LogP contribution in [-0.4, -0.2) is 15.0 Å². The number of hydrogen-bond donors (Lipinski definition) is 2. The molecule has 1 aromatic heterocycles. The van der Waals surface area contributed by atoms with E-state index in [1.807, 2.05) is 13.8 Å². The normalized spacial score (nSPS) is 27.3. The maximum atomic E-state index is 13.1. The van der Waals surface area contributed by atoms with Gasteiger partial charge >= 0.3 is 5.69 Å². The molecule has 1 amide bonds. The Morgan fingerprint density at radius 3 is 2.00 bits per heavy atom. The molecule has 0 aromatic carbocycles. The molecule has 2 aliphatic carbocycles. The van der Waals surface area contributed by atoms with Crippen molar-refractivity contribution < 1.29 is 4.79 Å². The van der Waals surface area contributed by atoms with Crippen molar-refractivity contribution in [2.45, 2.75) is 66.5 Å². The summed E-state index contributed by atoms with van der Waals surface area (Å²) < 4.78 is 2.59. The molecule has 7 nitrogen and oxygen atoms in total. The van der Waals surface area contributed by atoms with Crippen molar-refractivity contribution in [3.05, 3.63) is 20.8 Å². The lowest BCUT2D eigenvalue weighted by Crippen LogP contribution is -2.43. The van der Waals surface area contributed by atoms with Crippen LogP contribution < -0.4 is 22.3 Å². The summed E-state index contributed by atoms with van der Waals surface area (Å²) in [5.41, 5.74) is 5.33. The Bertz CT molecular complexity index is 825. The molecule has 1 aromatic rings. The van der Waals surface area contributed by atoms with Crippen LogP contribution in [0.3, 0.4) is 0 Å². The number of rotatable bonds is 8. The number of anilines is 2. The van der Waals surface area contributed by atoms with Gasteiger partial charge in [-0.1, -0.05) is 27.7 Å². The first kappa shape index (κ1) is 19.7. The van der Waals surface area contributed by atoms with Crippen LogP contribution in [0.25, 0.3) is 0 Å². The van der Waals surface area contributed by atoms with Gasteiger partial charge in [0.1, 0.15) is 11.5 Å². The summed E-state index contributed by atoms with van der Waals surface area (Å²) in [6.45, 7) is 8.92. The fraction of sp³-hybridized carbons (Fsp3) is 0.750. The number of nitrogens with one attached hydrogen (secondary N) is 1. The van der Waals surface area contributed by atoms with Gasteiger partial charge < -0.3 is 11.1 Å². The zero-order chi connectivity index (χ0) is 19.9. The monoisotopic (exact) mass is 376 g/mol. The zero-order valence-electron chi connectivity index (χ0n) is 16.8. The first-order valence-electron chi connectivity index (χ1n) is 10.3. The van der Waals surface area contributed by atoms with E-state index in [0.717, 1.165) is 12.8 Å². The Morgan fingerprint density at radius 2 is 1.56 bits per heavy atom. The van der Waals surface area contributed by atoms with Crippen molar-refractivity contribution in [2.75, 3.05) is 11.1 Å². The molecular weight excluding hydrogens is 344 g/mol. The predicted molar refractivity (Wildman–Crippen MR) is 107 cm³/mol. The molecular formula is C20H32N4O3. The SMILES string of the molecule is CCCn1c(N)c(NC(=O)C(C2CC2C)C2CC2C)c(=O)n(CCC)c1=O. The van der Waals surface area contributed by atoms with E-state index in [-0.39, 0.29) is 23.3 Å². The summed E-state index contributed by atoms with van der Waals surface area (Å²) in [5, 5.41) is 2.83. The fourth-order valence-electron chi connectivity index (χ4n) is 4.31. The molecule has 0 saturated heterocycles. The van der Waals surface area contributed by atoms with Gasteiger partial charge in [-0.05, 0) is 49.4 Å². The number of carbonyl (C=O) groups is 1. The molecule has 27 heavy (non-hydrogen) atoms. The molecule has 4 atom stereocenters. The van der Waals surface area contributed by atoms with E-state index in [1.165, 1.54) is 9.13 Å². The van der Waals surface area contributed by atoms with Crippen LogP contribution in [0, 0.1) is 29.6 Å². The minimum Gasteiger partial charge on any atom is -0.383 e. The van der Waals surface area contributed by atoms with E-state index in [9.17, 15) is 14.4 Å². The van der Waals surface area contributed by atoms with Crippen molar-refractivity contribution in [3.63, 3.8) is 0 Å². The Kier molecular flexibility index (Phi) is 5.49. The molecule has 1 heterocycles. The molecule has 0 radical (unpaired) electrons. The summed E-state index contributed by atoms with van der Waals surface area (Å²) in [6.07, 6.45) is 3.49. The lowest BCUT2D eigenvalue weighted by Gasteiger charge is -2.20. The molecule has 2 fully saturated rings. The van der Waals surface area contributed by atoms with Gasteiger partial charge in [-0.25, -0.2) is 4.79 Å². The lowest BCUT2D eigenvalue weighted by molar-refractivity contribution is -0.121. The van der Waals surface area contributed by atoms with Gasteiger partial charge in [-0.3, -0.25) is 18.7 Å². The highest BCUT2D eigenvalue weighted by atomic mass is 16.2. The molecule has 3 rings (SSSR count). The maximum absolute atomic E-state index is 13.1. The van der Waals surface area contributed by atoms with Gasteiger partial charge in [0.05, 0.1) is 0 Å². The molecule has 2 aliphatic rings. The summed E-state index contributed by atoms with van der Waals surface area (Å²) in [6, 6.07) is 0. The minimum absolute atomic E-state index is 0.0631. The van der Waals surface area contributed by atoms with Crippen LogP contribution in [-0.2, 0) is 17.9 Å². The second-order valence-electron chi connectivity index (χ2n) is 8.42. The van der Waals surface area contributed by atoms with Crippen LogP contribution in [0.1, 0.15) is 53.4 Å². The topological polar surface area (TPSA) is 99.1 Å². The standard InChI is InChI=1S/C20H32N4O3/c1-5-7-23-17(21)16(19(26)24(8-6-2)20(23)27)22-18(25)15(13-9-11(13)3)14-10-12(14)4/h11-15H,5-10,21H2,1-4H3,(H,22,25). The van der Waals surface area contributed by atoms with E-state index in [2.05, 4.69) is 19.2 Å². The number of nitrogens with two attached hydrogens (primary N) is 1. The zero-order valence-corrected chi connectivity index (χ0v) is 16.8. The third-order valence-corrected chi connectivity index (χ3v) is 6.18. The van der Waals surface area contributed by atoms with Gasteiger partial charge in [0.25, 0.3) is 5.56 Å². The number of nitrogens with zero attached hydrogens (tertiary/aromatic N) is 2. The van der Waals surface area contributed by atoms with Gasteiger partial charge in [0.2, 0.25) is 5.91 Å². The molecule has 0 spiro atoms. The van der Waals surface area contributed by atoms with Crippen LogP contribution in [0.2, 0.25) is 0 Å². The molecule has 150 valence electrons. The van der Waals surface area contributed by atoms with Gasteiger partial charge in [0, 0.05) is 19.0 Å². The van der Waals surface area contributed by atoms with E-state index in [1.54, 1.807) is 0 Å². The molecule has 3 N–H and O–H groups in total. The molecule has 0 bridgehead atoms. The van der Waals surface area contributed by atoms with Crippen LogP contribution >= 0.6 is 0 Å². The number of carbonyl (C=O) groups excluding carboxylic acids is 1. The average Bonchev–Trinajstić information content (AvgIpc) is 3.53. The Morgan fingerprint density at radius 1 is 1.07 bits per heavy atom. The number of hydrogen-bond acceptors (Lipinski definition) is 4. The van der Waals surface area contributed by atoms with Gasteiger partial charge in [0.15, 0.2) is 0 Å². The smallest absolute Gasteiger partial charge is 0.332 e. The predicted octanol–water partition coefficient (Wildman–Crippen LogP) is 2.28. The largest absolute Gasteiger partial charge is 0.383 e. The summed E-state index contributed by atoms with van der Waals surface area (Å²) in [5.74, 6) is 1.76. The summed E-state index contributed by atoms with van der Waals surface area (Å²) in [7, 11) is 0. The first-order valence-corrected chi connectivity index (χ1v) is 10.3. The van der Waals surface area contributed by atoms with Crippen molar-refractivity contribution in [3.8, 4) is 0 Å². The average molecular weight is 377 g/mol. The lowest BCUT2D eigenvalue weighted by atomic mass is 9.94. The van der Waals surface area contributed by atoms with Crippen molar-refractivity contribution in [1.29, 1.82) is 0 Å². The fourth-order valence-corrected chi connectivity index (χ4v) is 4.31. The van der Waals surface area contributed by atoms with Crippen LogP contribution in [0.4, 0.5) is 11.5 Å². The Labute approximate surface area is 159 Å². The maximum Gasteiger partial charge on any atom is 0.332 e. The Hall–Kier alpha value is -2.05. The van der Waals surface area contributed by atoms with Crippen molar-refractivity contribution in [1.82, 2.24) is 9.13 Å². The molecule has 2 saturated carbocycles. The third-order valence-electron chi connectivity index (χ3n) is 6.18. The summed E-state index contributed by atoms with van der Waals surface area (Å²) >= 11 is 0. The second-order valence-corrected chi connectivity index (χ2v) is 8.42. The minimum atomic E-state index is -0.494. The third kappa shape index (κ3) is 3.69. The highest BCUT2D eigenvalue weighted by Gasteiger charge is 2.53. The van der Waals surface area contributed by atoms with Gasteiger partial charge in [-0.2, -0.15) is 0 Å². The van der Waals surface area contributed by atoms with Crippen molar-refractivity contribution in [2.24, 2.45) is 29.6 Å². The van der Waals surface area contributed by atoms with E-state index < -0.39 is 11.2 Å². The number of aromatic nitrogens is 2. The van der Waals surface area contributed by atoms with Gasteiger partial charge in [-0.15, -0.1) is 0 Å². The molecule has 7 heteroatoms. The highest BCUT2D eigenvalue weighted by molar-refractivity contribution is 5.95. The van der Waals surface area contributed by atoms with E-state index >= 15 is 0 Å². The second kappa shape index (κ2) is 7.52. The van der Waals surface area contributed by atoms with Crippen LogP contribution in [0.5, 0.6) is 0 Å². The van der Waals surface area contributed by atoms with E-state index in [0.29, 0.717) is 49.6 Å². The van der Waals surface area contributed by atoms with Crippen LogP contribution in [0.15, 0.2) is 9.59 Å².